The third kappa shape index (κ3) is 32.6. The molecule has 0 unspecified atom stereocenters. The molecule has 4 nitrogen and oxygen atoms in total. The highest BCUT2D eigenvalue weighted by atomic mass is 17.2. The summed E-state index contributed by atoms with van der Waals surface area (Å²) in [6.45, 7) is 4.52. The van der Waals surface area contributed by atoms with Crippen LogP contribution in [0, 0.1) is 0 Å². The van der Waals surface area contributed by atoms with Crippen LogP contribution in [-0.4, -0.2) is 11.9 Å². The van der Waals surface area contributed by atoms with Gasteiger partial charge in [0.1, 0.15) is 0 Å². The Kier molecular flexibility index (Phi) is 32.3. The Balaban J connectivity index is 3.35. The number of unbranched alkanes of at least 4 members (excludes halogenated alkanes) is 22. The van der Waals surface area contributed by atoms with Crippen molar-refractivity contribution in [2.75, 3.05) is 0 Å². The standard InChI is InChI=1S/C36H66O4/c1-3-5-7-9-11-13-15-17-19-21-23-25-27-29-31-33-35(37)39-40-36(38)34-32-30-28-26-24-22-20-18-16-14-12-10-8-6-4-2/h13,15,18,20H,3-12,14,16-17,19,21-34H2,1-2H3/b15-13-,20-18-. The number of allylic oxidation sites excluding steroid dienone is 4. The minimum Gasteiger partial charge on any atom is -0.247 e. The van der Waals surface area contributed by atoms with Crippen LogP contribution in [0.3, 0.4) is 0 Å². The van der Waals surface area contributed by atoms with Crippen LogP contribution in [0.25, 0.3) is 0 Å². The molecule has 0 aliphatic rings. The molecule has 0 aromatic carbocycles. The molecule has 0 spiro atoms. The van der Waals surface area contributed by atoms with Gasteiger partial charge in [0, 0.05) is 0 Å². The molecule has 0 saturated carbocycles. The van der Waals surface area contributed by atoms with Gasteiger partial charge in [0.15, 0.2) is 0 Å². The first kappa shape index (κ1) is 38.4. The first-order chi connectivity index (χ1) is 19.7. The maximum Gasteiger partial charge on any atom is 0.355 e. The summed E-state index contributed by atoms with van der Waals surface area (Å²) in [5.74, 6) is -0.864. The molecule has 40 heavy (non-hydrogen) atoms. The second-order valence-electron chi connectivity index (χ2n) is 11.6. The van der Waals surface area contributed by atoms with Gasteiger partial charge in [-0.2, -0.15) is 0 Å². The number of rotatable bonds is 30. The van der Waals surface area contributed by atoms with Crippen LogP contribution in [0.5, 0.6) is 0 Å². The summed E-state index contributed by atoms with van der Waals surface area (Å²) in [6, 6.07) is 0. The van der Waals surface area contributed by atoms with Gasteiger partial charge < -0.3 is 0 Å². The fourth-order valence-corrected chi connectivity index (χ4v) is 4.86. The van der Waals surface area contributed by atoms with Gasteiger partial charge in [0.25, 0.3) is 0 Å². The Bertz CT molecular complexity index is 596. The SMILES string of the molecule is CCCCCC/C=C\CCCCCCCCCC(=O)OOC(=O)CCCCCCC/C=C\CCCCCCCC. The molecule has 234 valence electrons. The molecule has 0 aliphatic heterocycles. The summed E-state index contributed by atoms with van der Waals surface area (Å²) in [5, 5.41) is 0. The van der Waals surface area contributed by atoms with Crippen LogP contribution >= 0.6 is 0 Å². The van der Waals surface area contributed by atoms with Gasteiger partial charge in [0.05, 0.1) is 12.8 Å². The first-order valence-corrected chi connectivity index (χ1v) is 17.4. The van der Waals surface area contributed by atoms with Crippen LogP contribution in [0.4, 0.5) is 0 Å². The number of carbonyl (C=O) groups is 2. The van der Waals surface area contributed by atoms with Gasteiger partial charge >= 0.3 is 11.9 Å². The van der Waals surface area contributed by atoms with Crippen molar-refractivity contribution in [2.45, 2.75) is 194 Å². The smallest absolute Gasteiger partial charge is 0.247 e. The van der Waals surface area contributed by atoms with Gasteiger partial charge in [-0.1, -0.05) is 141 Å². The molecule has 0 atom stereocenters. The van der Waals surface area contributed by atoms with Crippen molar-refractivity contribution in [1.82, 2.24) is 0 Å². The summed E-state index contributed by atoms with van der Waals surface area (Å²) < 4.78 is 0. The van der Waals surface area contributed by atoms with E-state index in [1.807, 2.05) is 0 Å². The minimum absolute atomic E-state index is 0.320. The molecule has 4 heteroatoms. The van der Waals surface area contributed by atoms with Crippen molar-refractivity contribution in [1.29, 1.82) is 0 Å². The topological polar surface area (TPSA) is 52.6 Å². The summed E-state index contributed by atoms with van der Waals surface area (Å²) in [5.41, 5.74) is 0. The van der Waals surface area contributed by atoms with Crippen molar-refractivity contribution < 1.29 is 19.4 Å². The van der Waals surface area contributed by atoms with Crippen molar-refractivity contribution in [2.24, 2.45) is 0 Å². The molecule has 0 rings (SSSR count). The Hall–Kier alpha value is -1.58. The van der Waals surface area contributed by atoms with Crippen molar-refractivity contribution in [3.63, 3.8) is 0 Å². The molecule has 0 fully saturated rings. The number of hydrogen-bond acceptors (Lipinski definition) is 4. The second kappa shape index (κ2) is 33.6. The lowest BCUT2D eigenvalue weighted by Gasteiger charge is -2.04. The quantitative estimate of drug-likeness (QED) is 0.0378. The third-order valence-electron chi connectivity index (χ3n) is 7.51. The van der Waals surface area contributed by atoms with Crippen LogP contribution in [-0.2, 0) is 19.4 Å². The van der Waals surface area contributed by atoms with Crippen LogP contribution in [0.1, 0.15) is 194 Å². The highest BCUT2D eigenvalue weighted by Gasteiger charge is 2.09. The van der Waals surface area contributed by atoms with E-state index in [9.17, 15) is 9.59 Å². The normalized spacial score (nSPS) is 11.6. The lowest BCUT2D eigenvalue weighted by molar-refractivity contribution is -0.259. The number of hydrogen-bond donors (Lipinski definition) is 0. The highest BCUT2D eigenvalue weighted by molar-refractivity contribution is 5.72. The molecule has 0 aliphatic carbocycles. The maximum absolute atomic E-state index is 11.8. The number of carbonyl (C=O) groups excluding carboxylic acids is 2. The van der Waals surface area contributed by atoms with Gasteiger partial charge in [-0.25, -0.2) is 19.4 Å². The van der Waals surface area contributed by atoms with E-state index >= 15 is 0 Å². The van der Waals surface area contributed by atoms with E-state index in [1.165, 1.54) is 122 Å². The molecule has 0 N–H and O–H groups in total. The molecule has 0 aromatic rings. The molecule has 0 amide bonds. The largest absolute Gasteiger partial charge is 0.355 e. The molecule has 0 aromatic heterocycles. The summed E-state index contributed by atoms with van der Waals surface area (Å²) >= 11 is 0. The second-order valence-corrected chi connectivity index (χ2v) is 11.6. The van der Waals surface area contributed by atoms with Crippen molar-refractivity contribution in [3.8, 4) is 0 Å². The molecular weight excluding hydrogens is 496 g/mol. The highest BCUT2D eigenvalue weighted by Crippen LogP contribution is 2.12. The molecule has 0 radical (unpaired) electrons. The molecule has 0 saturated heterocycles. The fraction of sp³-hybridized carbons (Fsp3) is 0.833. The van der Waals surface area contributed by atoms with Gasteiger partial charge in [-0.05, 0) is 64.2 Å². The average Bonchev–Trinajstić information content (AvgIpc) is 2.96. The summed E-state index contributed by atoms with van der Waals surface area (Å²) in [7, 11) is 0. The van der Waals surface area contributed by atoms with E-state index in [0.717, 1.165) is 44.9 Å². The minimum atomic E-state index is -0.433. The molecular formula is C36H66O4. The van der Waals surface area contributed by atoms with Crippen molar-refractivity contribution in [3.05, 3.63) is 24.3 Å². The lowest BCUT2D eigenvalue weighted by Crippen LogP contribution is -2.11. The van der Waals surface area contributed by atoms with Crippen LogP contribution < -0.4 is 0 Å². The van der Waals surface area contributed by atoms with E-state index in [1.54, 1.807) is 0 Å². The zero-order valence-corrected chi connectivity index (χ0v) is 26.7. The third-order valence-corrected chi connectivity index (χ3v) is 7.51. The Morgan fingerprint density at radius 2 is 0.625 bits per heavy atom. The van der Waals surface area contributed by atoms with Gasteiger partial charge in [-0.15, -0.1) is 0 Å². The Morgan fingerprint density at radius 3 is 0.950 bits per heavy atom. The molecule has 0 heterocycles. The summed E-state index contributed by atoms with van der Waals surface area (Å²) in [6.07, 6.45) is 41.7. The fourth-order valence-electron chi connectivity index (χ4n) is 4.86. The van der Waals surface area contributed by atoms with Gasteiger partial charge in [-0.3, -0.25) is 0 Å². The van der Waals surface area contributed by atoms with E-state index in [-0.39, 0.29) is 0 Å². The zero-order chi connectivity index (χ0) is 29.2. The van der Waals surface area contributed by atoms with E-state index in [0.29, 0.717) is 12.8 Å². The zero-order valence-electron chi connectivity index (χ0n) is 26.7. The maximum atomic E-state index is 11.8. The average molecular weight is 563 g/mol. The molecule has 0 bridgehead atoms. The predicted octanol–water partition coefficient (Wildman–Crippen LogP) is 12.1. The predicted molar refractivity (Wildman–Crippen MR) is 171 cm³/mol. The van der Waals surface area contributed by atoms with Crippen molar-refractivity contribution >= 4 is 11.9 Å². The lowest BCUT2D eigenvalue weighted by atomic mass is 10.1. The van der Waals surface area contributed by atoms with Crippen LogP contribution in [0.2, 0.25) is 0 Å². The van der Waals surface area contributed by atoms with Crippen LogP contribution in [0.15, 0.2) is 24.3 Å². The Morgan fingerprint density at radius 1 is 0.375 bits per heavy atom. The van der Waals surface area contributed by atoms with E-state index in [4.69, 9.17) is 9.78 Å². The summed E-state index contributed by atoms with van der Waals surface area (Å²) in [4.78, 5) is 33.0. The first-order valence-electron chi connectivity index (χ1n) is 17.4. The Labute approximate surface area is 249 Å². The monoisotopic (exact) mass is 562 g/mol. The van der Waals surface area contributed by atoms with Gasteiger partial charge in [0.2, 0.25) is 0 Å². The van der Waals surface area contributed by atoms with E-state index in [2.05, 4.69) is 38.2 Å². The van der Waals surface area contributed by atoms with E-state index < -0.39 is 11.9 Å².